The van der Waals surface area contributed by atoms with Gasteiger partial charge in [-0.2, -0.15) is 11.8 Å². The average molecular weight is 402 g/mol. The average Bonchev–Trinajstić information content (AvgIpc) is 2.58. The molecule has 2 nitrogen and oxygen atoms in total. The minimum absolute atomic E-state index is 0.0918. The van der Waals surface area contributed by atoms with Gasteiger partial charge in [-0.25, -0.2) is 8.78 Å². The highest BCUT2D eigenvalue weighted by Gasteiger charge is 2.06. The minimum atomic E-state index is -0.357. The fourth-order valence-corrected chi connectivity index (χ4v) is 3.85. The van der Waals surface area contributed by atoms with Crippen LogP contribution in [-0.2, 0) is 16.3 Å². The normalized spacial score (nSPS) is 10.7. The van der Waals surface area contributed by atoms with Gasteiger partial charge in [-0.1, -0.05) is 35.9 Å². The van der Waals surface area contributed by atoms with E-state index in [0.717, 1.165) is 0 Å². The summed E-state index contributed by atoms with van der Waals surface area (Å²) in [6.45, 7) is 0.522. The van der Waals surface area contributed by atoms with Crippen LogP contribution in [0.5, 0.6) is 0 Å². The largest absolute Gasteiger partial charge is 0.355 e. The Hall–Kier alpha value is -1.24. The molecule has 7 heteroatoms. The van der Waals surface area contributed by atoms with E-state index in [1.54, 1.807) is 36.0 Å². The molecule has 1 N–H and O–H groups in total. The lowest BCUT2D eigenvalue weighted by Crippen LogP contribution is -2.27. The molecule has 0 spiro atoms. The SMILES string of the molecule is O=C(CSCc1ccc(Cl)cc1F)NCCSCc1ccccc1F. The van der Waals surface area contributed by atoms with Crippen LogP contribution in [0.15, 0.2) is 42.5 Å². The summed E-state index contributed by atoms with van der Waals surface area (Å²) < 4.78 is 27.0. The van der Waals surface area contributed by atoms with Gasteiger partial charge in [-0.15, -0.1) is 11.8 Å². The zero-order chi connectivity index (χ0) is 18.1. The predicted molar refractivity (Wildman–Crippen MR) is 103 cm³/mol. The van der Waals surface area contributed by atoms with Crippen molar-refractivity contribution in [1.82, 2.24) is 5.32 Å². The van der Waals surface area contributed by atoms with Crippen molar-refractivity contribution in [3.63, 3.8) is 0 Å². The number of hydrogen-bond acceptors (Lipinski definition) is 3. The van der Waals surface area contributed by atoms with E-state index >= 15 is 0 Å². The summed E-state index contributed by atoms with van der Waals surface area (Å²) in [7, 11) is 0. The number of nitrogens with one attached hydrogen (secondary N) is 1. The number of benzene rings is 2. The molecule has 0 unspecified atom stereocenters. The zero-order valence-corrected chi connectivity index (χ0v) is 15.8. The molecule has 2 rings (SSSR count). The third kappa shape index (κ3) is 7.26. The Bertz CT molecular complexity index is 715. The molecule has 0 aromatic heterocycles. The summed E-state index contributed by atoms with van der Waals surface area (Å²) >= 11 is 8.61. The molecule has 0 aliphatic carbocycles. The molecule has 0 aliphatic rings. The van der Waals surface area contributed by atoms with E-state index < -0.39 is 0 Å². The maximum Gasteiger partial charge on any atom is 0.230 e. The molecule has 0 atom stereocenters. The first kappa shape index (κ1) is 20.1. The molecule has 0 heterocycles. The summed E-state index contributed by atoms with van der Waals surface area (Å²) in [5.41, 5.74) is 1.20. The van der Waals surface area contributed by atoms with Crippen molar-refractivity contribution >= 4 is 41.0 Å². The van der Waals surface area contributed by atoms with Gasteiger partial charge in [0.05, 0.1) is 5.75 Å². The second kappa shape index (κ2) is 10.7. The van der Waals surface area contributed by atoms with Crippen molar-refractivity contribution in [3.8, 4) is 0 Å². The van der Waals surface area contributed by atoms with E-state index in [1.807, 2.05) is 6.07 Å². The van der Waals surface area contributed by atoms with E-state index in [4.69, 9.17) is 11.6 Å². The molecule has 2 aromatic carbocycles. The van der Waals surface area contributed by atoms with Crippen LogP contribution in [0.25, 0.3) is 0 Å². The number of carbonyl (C=O) groups excluding carboxylic acids is 1. The number of thioether (sulfide) groups is 2. The lowest BCUT2D eigenvalue weighted by Gasteiger charge is -2.07. The highest BCUT2D eigenvalue weighted by molar-refractivity contribution is 7.99. The molecule has 0 saturated heterocycles. The Morgan fingerprint density at radius 3 is 2.48 bits per heavy atom. The maximum absolute atomic E-state index is 13.6. The highest BCUT2D eigenvalue weighted by atomic mass is 35.5. The summed E-state index contributed by atoms with van der Waals surface area (Å²) in [6.07, 6.45) is 0. The number of halogens is 3. The van der Waals surface area contributed by atoms with Gasteiger partial charge < -0.3 is 5.32 Å². The lowest BCUT2D eigenvalue weighted by molar-refractivity contribution is -0.118. The quantitative estimate of drug-likeness (QED) is 0.606. The van der Waals surface area contributed by atoms with Crippen LogP contribution >= 0.6 is 35.1 Å². The molecule has 0 fully saturated rings. The number of carbonyl (C=O) groups is 1. The van der Waals surface area contributed by atoms with Crippen LogP contribution in [-0.4, -0.2) is 24.0 Å². The molecule has 1 amide bonds. The van der Waals surface area contributed by atoms with Crippen molar-refractivity contribution in [3.05, 3.63) is 70.2 Å². The van der Waals surface area contributed by atoms with Crippen LogP contribution in [0.3, 0.4) is 0 Å². The monoisotopic (exact) mass is 401 g/mol. The van der Waals surface area contributed by atoms with Gasteiger partial charge in [0, 0.05) is 28.8 Å². The Morgan fingerprint density at radius 1 is 1.00 bits per heavy atom. The van der Waals surface area contributed by atoms with Gasteiger partial charge >= 0.3 is 0 Å². The second-order valence-electron chi connectivity index (χ2n) is 5.22. The van der Waals surface area contributed by atoms with Crippen LogP contribution in [0.4, 0.5) is 8.78 Å². The highest BCUT2D eigenvalue weighted by Crippen LogP contribution is 2.19. The summed E-state index contributed by atoms with van der Waals surface area (Å²) in [4.78, 5) is 11.7. The number of amides is 1. The van der Waals surface area contributed by atoms with E-state index in [0.29, 0.717) is 40.0 Å². The van der Waals surface area contributed by atoms with Crippen LogP contribution in [0.2, 0.25) is 5.02 Å². The molecular formula is C18H18ClF2NOS2. The number of hydrogen-bond donors (Lipinski definition) is 1. The van der Waals surface area contributed by atoms with Crippen molar-refractivity contribution < 1.29 is 13.6 Å². The predicted octanol–water partition coefficient (Wildman–Crippen LogP) is 4.90. The third-order valence-corrected chi connectivity index (χ3v) is 5.51. The first-order valence-corrected chi connectivity index (χ1v) is 10.3. The van der Waals surface area contributed by atoms with Gasteiger partial charge in [-0.3, -0.25) is 4.79 Å². The van der Waals surface area contributed by atoms with E-state index in [1.165, 1.54) is 23.9 Å². The summed E-state index contributed by atoms with van der Waals surface area (Å²) in [5, 5.41) is 3.16. The molecule has 0 radical (unpaired) electrons. The Kier molecular flexibility index (Phi) is 8.58. The van der Waals surface area contributed by atoms with Crippen LogP contribution < -0.4 is 5.32 Å². The Labute approximate surface area is 159 Å². The first-order chi connectivity index (χ1) is 12.1. The van der Waals surface area contributed by atoms with Gasteiger partial charge in [0.2, 0.25) is 5.91 Å². The third-order valence-electron chi connectivity index (χ3n) is 3.29. The molecule has 134 valence electrons. The molecule has 0 saturated carbocycles. The molecule has 0 bridgehead atoms. The standard InChI is InChI=1S/C18H18ClF2NOS2/c19-15-6-5-14(17(21)9-15)11-25-12-18(23)22-7-8-24-10-13-3-1-2-4-16(13)20/h1-6,9H,7-8,10-12H2,(H,22,23). The summed E-state index contributed by atoms with van der Waals surface area (Å²) in [5.74, 6) is 1.31. The second-order valence-corrected chi connectivity index (χ2v) is 7.75. The molecule has 0 aliphatic heterocycles. The lowest BCUT2D eigenvalue weighted by atomic mass is 10.2. The first-order valence-electron chi connectivity index (χ1n) is 7.66. The van der Waals surface area contributed by atoms with Gasteiger partial charge in [0.1, 0.15) is 11.6 Å². The van der Waals surface area contributed by atoms with Crippen molar-refractivity contribution in [2.24, 2.45) is 0 Å². The van der Waals surface area contributed by atoms with Gasteiger partial charge in [0.25, 0.3) is 0 Å². The summed E-state index contributed by atoms with van der Waals surface area (Å²) in [6, 6.07) is 11.2. The van der Waals surface area contributed by atoms with Crippen molar-refractivity contribution in [1.29, 1.82) is 0 Å². The van der Waals surface area contributed by atoms with Crippen LogP contribution in [0, 0.1) is 11.6 Å². The molecule has 2 aromatic rings. The minimum Gasteiger partial charge on any atom is -0.355 e. The Morgan fingerprint density at radius 2 is 1.72 bits per heavy atom. The van der Waals surface area contributed by atoms with Gasteiger partial charge in [0.15, 0.2) is 0 Å². The maximum atomic E-state index is 13.6. The zero-order valence-electron chi connectivity index (χ0n) is 13.4. The topological polar surface area (TPSA) is 29.1 Å². The Balaban J connectivity index is 1.57. The fraction of sp³-hybridized carbons (Fsp3) is 0.278. The van der Waals surface area contributed by atoms with Gasteiger partial charge in [-0.05, 0) is 29.3 Å². The van der Waals surface area contributed by atoms with E-state index in [9.17, 15) is 13.6 Å². The molecular weight excluding hydrogens is 384 g/mol. The van der Waals surface area contributed by atoms with E-state index in [-0.39, 0.29) is 23.3 Å². The molecule has 25 heavy (non-hydrogen) atoms. The number of rotatable bonds is 9. The van der Waals surface area contributed by atoms with Crippen molar-refractivity contribution in [2.45, 2.75) is 11.5 Å². The van der Waals surface area contributed by atoms with E-state index in [2.05, 4.69) is 5.32 Å². The van der Waals surface area contributed by atoms with Crippen molar-refractivity contribution in [2.75, 3.05) is 18.1 Å². The fourth-order valence-electron chi connectivity index (χ4n) is 2.00. The van der Waals surface area contributed by atoms with Crippen LogP contribution in [0.1, 0.15) is 11.1 Å². The smallest absolute Gasteiger partial charge is 0.230 e.